The first-order valence-corrected chi connectivity index (χ1v) is 7.50. The van der Waals surface area contributed by atoms with Gasteiger partial charge in [0.1, 0.15) is 6.04 Å². The molecule has 0 saturated heterocycles. The molecule has 0 radical (unpaired) electrons. The number of rotatable bonds is 4. The van der Waals surface area contributed by atoms with Crippen LogP contribution in [0.2, 0.25) is 0 Å². The van der Waals surface area contributed by atoms with Crippen LogP contribution in [0.3, 0.4) is 0 Å². The summed E-state index contributed by atoms with van der Waals surface area (Å²) in [5.41, 5.74) is 9.30. The van der Waals surface area contributed by atoms with E-state index in [2.05, 4.69) is 35.9 Å². The number of carbonyl (C=O) groups excluding carboxylic acids is 1. The van der Waals surface area contributed by atoms with E-state index in [1.165, 1.54) is 16.3 Å². The lowest BCUT2D eigenvalue weighted by Gasteiger charge is -2.10. The van der Waals surface area contributed by atoms with Gasteiger partial charge in [-0.2, -0.15) is 0 Å². The third kappa shape index (κ3) is 2.46. The largest absolute Gasteiger partial charge is 0.465 e. The second kappa shape index (κ2) is 5.81. The Morgan fingerprint density at radius 2 is 1.91 bits per heavy atom. The molecule has 2 aromatic carbocycles. The van der Waals surface area contributed by atoms with Crippen LogP contribution in [-0.4, -0.2) is 23.2 Å². The van der Waals surface area contributed by atoms with Gasteiger partial charge in [-0.25, -0.2) is 0 Å². The van der Waals surface area contributed by atoms with Gasteiger partial charge >= 0.3 is 5.97 Å². The van der Waals surface area contributed by atoms with Crippen molar-refractivity contribution in [2.45, 2.75) is 19.4 Å². The molecule has 3 rings (SSSR count). The Balaban J connectivity index is 1.98. The molecule has 0 bridgehead atoms. The molecule has 0 aliphatic heterocycles. The van der Waals surface area contributed by atoms with E-state index < -0.39 is 6.04 Å². The molecule has 1 heterocycles. The van der Waals surface area contributed by atoms with Crippen molar-refractivity contribution >= 4 is 27.8 Å². The fourth-order valence-electron chi connectivity index (χ4n) is 2.92. The minimum absolute atomic E-state index is 0.348. The molecule has 1 aromatic heterocycles. The van der Waals surface area contributed by atoms with E-state index in [0.717, 1.165) is 11.1 Å². The normalized spacial score (nSPS) is 12.7. The van der Waals surface area contributed by atoms with E-state index in [1.807, 2.05) is 18.2 Å². The maximum atomic E-state index is 11.7. The van der Waals surface area contributed by atoms with E-state index in [1.54, 1.807) is 6.92 Å². The summed E-state index contributed by atoms with van der Waals surface area (Å²) in [6, 6.07) is 14.0. The first kappa shape index (κ1) is 14.6. The van der Waals surface area contributed by atoms with Gasteiger partial charge in [-0.3, -0.25) is 4.79 Å². The van der Waals surface area contributed by atoms with E-state index in [0.29, 0.717) is 13.0 Å². The van der Waals surface area contributed by atoms with Crippen molar-refractivity contribution in [1.82, 2.24) is 4.57 Å². The zero-order valence-electron chi connectivity index (χ0n) is 12.9. The van der Waals surface area contributed by atoms with Crippen LogP contribution in [0.5, 0.6) is 0 Å². The van der Waals surface area contributed by atoms with Crippen molar-refractivity contribution in [3.63, 3.8) is 0 Å². The maximum Gasteiger partial charge on any atom is 0.323 e. The number of nitrogens with two attached hydrogens (primary N) is 1. The number of ether oxygens (including phenoxy) is 1. The quantitative estimate of drug-likeness (QED) is 0.753. The summed E-state index contributed by atoms with van der Waals surface area (Å²) < 4.78 is 7.14. The second-order valence-electron chi connectivity index (χ2n) is 5.49. The van der Waals surface area contributed by atoms with E-state index in [-0.39, 0.29) is 5.97 Å². The monoisotopic (exact) mass is 296 g/mol. The molecule has 0 aliphatic rings. The smallest absolute Gasteiger partial charge is 0.323 e. The van der Waals surface area contributed by atoms with E-state index in [9.17, 15) is 4.79 Å². The molecule has 0 fully saturated rings. The number of aromatic nitrogens is 1. The molecular formula is C18H20N2O2. The minimum Gasteiger partial charge on any atom is -0.465 e. The summed E-state index contributed by atoms with van der Waals surface area (Å²) in [5.74, 6) is -0.348. The van der Waals surface area contributed by atoms with Crippen LogP contribution >= 0.6 is 0 Å². The van der Waals surface area contributed by atoms with Crippen molar-refractivity contribution in [3.8, 4) is 0 Å². The molecule has 0 spiro atoms. The summed E-state index contributed by atoms with van der Waals surface area (Å²) in [6.45, 7) is 2.14. The van der Waals surface area contributed by atoms with Gasteiger partial charge in [-0.1, -0.05) is 30.3 Å². The van der Waals surface area contributed by atoms with Crippen LogP contribution < -0.4 is 5.73 Å². The third-order valence-electron chi connectivity index (χ3n) is 4.02. The predicted molar refractivity (Wildman–Crippen MR) is 88.7 cm³/mol. The lowest BCUT2D eigenvalue weighted by atomic mass is 10.0. The van der Waals surface area contributed by atoms with Gasteiger partial charge in [0.15, 0.2) is 0 Å². The number of nitrogens with zero attached hydrogens (tertiary/aromatic N) is 1. The number of esters is 1. The Morgan fingerprint density at radius 1 is 1.18 bits per heavy atom. The van der Waals surface area contributed by atoms with Gasteiger partial charge in [0.05, 0.1) is 6.61 Å². The van der Waals surface area contributed by atoms with Crippen LogP contribution in [0.1, 0.15) is 12.5 Å². The molecule has 2 N–H and O–H groups in total. The molecule has 114 valence electrons. The van der Waals surface area contributed by atoms with Crippen molar-refractivity contribution in [2.75, 3.05) is 6.61 Å². The summed E-state index contributed by atoms with van der Waals surface area (Å²) in [7, 11) is 2.06. The Hall–Kier alpha value is -2.33. The average molecular weight is 296 g/mol. The highest BCUT2D eigenvalue weighted by Gasteiger charge is 2.16. The molecule has 1 unspecified atom stereocenters. The highest BCUT2D eigenvalue weighted by Crippen LogP contribution is 2.28. The fraction of sp³-hybridized carbons (Fsp3) is 0.278. The predicted octanol–water partition coefficient (Wildman–Crippen LogP) is 2.76. The van der Waals surface area contributed by atoms with Gasteiger partial charge in [-0.15, -0.1) is 0 Å². The SMILES string of the molecule is CCOC(=O)C(N)Cc1ccc2c3ccccc3n(C)c2c1. The lowest BCUT2D eigenvalue weighted by molar-refractivity contribution is -0.144. The summed E-state index contributed by atoms with van der Waals surface area (Å²) >= 11 is 0. The zero-order valence-corrected chi connectivity index (χ0v) is 12.9. The van der Waals surface area contributed by atoms with Crippen LogP contribution in [0.25, 0.3) is 21.8 Å². The van der Waals surface area contributed by atoms with Crippen molar-refractivity contribution < 1.29 is 9.53 Å². The number of para-hydroxylation sites is 1. The molecule has 22 heavy (non-hydrogen) atoms. The fourth-order valence-corrected chi connectivity index (χ4v) is 2.92. The number of aryl methyl sites for hydroxylation is 1. The van der Waals surface area contributed by atoms with Gasteiger partial charge < -0.3 is 15.0 Å². The van der Waals surface area contributed by atoms with Crippen LogP contribution in [0, 0.1) is 0 Å². The average Bonchev–Trinajstić information content (AvgIpc) is 2.81. The molecule has 4 nitrogen and oxygen atoms in total. The first-order chi connectivity index (χ1) is 10.6. The highest BCUT2D eigenvalue weighted by atomic mass is 16.5. The van der Waals surface area contributed by atoms with Gasteiger partial charge in [0, 0.05) is 28.9 Å². The summed E-state index contributed by atoms with van der Waals surface area (Å²) in [5, 5.41) is 2.45. The summed E-state index contributed by atoms with van der Waals surface area (Å²) in [6.07, 6.45) is 0.482. The molecule has 3 aromatic rings. The van der Waals surface area contributed by atoms with Crippen molar-refractivity contribution in [2.24, 2.45) is 12.8 Å². The van der Waals surface area contributed by atoms with E-state index in [4.69, 9.17) is 10.5 Å². The molecular weight excluding hydrogens is 276 g/mol. The number of hydrogen-bond donors (Lipinski definition) is 1. The Bertz CT molecular complexity index is 836. The molecule has 0 amide bonds. The van der Waals surface area contributed by atoms with E-state index >= 15 is 0 Å². The first-order valence-electron chi connectivity index (χ1n) is 7.50. The third-order valence-corrected chi connectivity index (χ3v) is 4.02. The Labute approximate surface area is 129 Å². The molecule has 1 atom stereocenters. The Kier molecular flexibility index (Phi) is 3.86. The van der Waals surface area contributed by atoms with Gasteiger partial charge in [-0.05, 0) is 31.0 Å². The van der Waals surface area contributed by atoms with Crippen LogP contribution in [0.4, 0.5) is 0 Å². The Morgan fingerprint density at radius 3 is 2.68 bits per heavy atom. The lowest BCUT2D eigenvalue weighted by Crippen LogP contribution is -2.34. The topological polar surface area (TPSA) is 57.2 Å². The van der Waals surface area contributed by atoms with Gasteiger partial charge in [0.25, 0.3) is 0 Å². The zero-order chi connectivity index (χ0) is 15.7. The molecule has 0 saturated carbocycles. The standard InChI is InChI=1S/C18H20N2O2/c1-3-22-18(21)15(19)10-12-8-9-14-13-6-4-5-7-16(13)20(2)17(14)11-12/h4-9,11,15H,3,10,19H2,1-2H3. The van der Waals surface area contributed by atoms with Crippen LogP contribution in [-0.2, 0) is 23.0 Å². The maximum absolute atomic E-state index is 11.7. The number of benzene rings is 2. The molecule has 4 heteroatoms. The molecule has 0 aliphatic carbocycles. The number of carbonyl (C=O) groups is 1. The van der Waals surface area contributed by atoms with Crippen molar-refractivity contribution in [1.29, 1.82) is 0 Å². The minimum atomic E-state index is -0.618. The second-order valence-corrected chi connectivity index (χ2v) is 5.49. The number of hydrogen-bond acceptors (Lipinski definition) is 3. The van der Waals surface area contributed by atoms with Gasteiger partial charge in [0.2, 0.25) is 0 Å². The summed E-state index contributed by atoms with van der Waals surface area (Å²) in [4.78, 5) is 11.7. The van der Waals surface area contributed by atoms with Crippen molar-refractivity contribution in [3.05, 3.63) is 48.0 Å². The highest BCUT2D eigenvalue weighted by molar-refractivity contribution is 6.08. The number of fused-ring (bicyclic) bond motifs is 3. The van der Waals surface area contributed by atoms with Crippen LogP contribution in [0.15, 0.2) is 42.5 Å².